The summed E-state index contributed by atoms with van der Waals surface area (Å²) in [5.41, 5.74) is 0.389. The standard InChI is InChI=1S/C17H25N3O3/c1-23-15-4-2-3-14(9-15)10-20-8-7-19(11-16(20)21)13-17(22)5-6-18-12-17/h2-4,9,18,22H,5-8,10-13H2,1H3. The molecule has 1 unspecified atom stereocenters. The third-order valence-electron chi connectivity index (χ3n) is 4.64. The average molecular weight is 319 g/mol. The molecule has 23 heavy (non-hydrogen) atoms. The van der Waals surface area contributed by atoms with Crippen LogP contribution in [-0.4, -0.2) is 72.8 Å². The second-order valence-electron chi connectivity index (χ2n) is 6.53. The van der Waals surface area contributed by atoms with Crippen LogP contribution in [-0.2, 0) is 11.3 Å². The van der Waals surface area contributed by atoms with Gasteiger partial charge in [0.2, 0.25) is 5.91 Å². The number of nitrogens with zero attached hydrogens (tertiary/aromatic N) is 2. The summed E-state index contributed by atoms with van der Waals surface area (Å²) < 4.78 is 5.23. The maximum absolute atomic E-state index is 12.4. The van der Waals surface area contributed by atoms with E-state index in [2.05, 4.69) is 10.2 Å². The van der Waals surface area contributed by atoms with E-state index in [-0.39, 0.29) is 5.91 Å². The smallest absolute Gasteiger partial charge is 0.237 e. The molecule has 1 amide bonds. The molecule has 6 nitrogen and oxygen atoms in total. The predicted octanol–water partition coefficient (Wildman–Crippen LogP) is 0.0638. The average Bonchev–Trinajstić information content (AvgIpc) is 2.96. The first-order valence-corrected chi connectivity index (χ1v) is 8.14. The van der Waals surface area contributed by atoms with Crippen molar-refractivity contribution in [3.05, 3.63) is 29.8 Å². The summed E-state index contributed by atoms with van der Waals surface area (Å²) in [6, 6.07) is 7.82. The van der Waals surface area contributed by atoms with Crippen LogP contribution in [0.25, 0.3) is 0 Å². The van der Waals surface area contributed by atoms with Crippen LogP contribution in [0.1, 0.15) is 12.0 Å². The normalized spacial score (nSPS) is 25.8. The van der Waals surface area contributed by atoms with E-state index in [9.17, 15) is 9.90 Å². The van der Waals surface area contributed by atoms with Crippen molar-refractivity contribution in [1.82, 2.24) is 15.1 Å². The fraction of sp³-hybridized carbons (Fsp3) is 0.588. The first kappa shape index (κ1) is 16.2. The van der Waals surface area contributed by atoms with E-state index in [1.165, 1.54) is 0 Å². The molecule has 2 saturated heterocycles. The summed E-state index contributed by atoms with van der Waals surface area (Å²) >= 11 is 0. The number of hydrogen-bond donors (Lipinski definition) is 2. The Morgan fingerprint density at radius 1 is 1.39 bits per heavy atom. The molecule has 3 rings (SSSR count). The number of aliphatic hydroxyl groups is 1. The fourth-order valence-electron chi connectivity index (χ4n) is 3.33. The number of carbonyl (C=O) groups is 1. The van der Waals surface area contributed by atoms with Crippen molar-refractivity contribution in [2.45, 2.75) is 18.6 Å². The SMILES string of the molecule is COc1cccc(CN2CCN(CC3(O)CCNC3)CC2=O)c1. The van der Waals surface area contributed by atoms with E-state index in [0.29, 0.717) is 32.7 Å². The predicted molar refractivity (Wildman–Crippen MR) is 87.3 cm³/mol. The third-order valence-corrected chi connectivity index (χ3v) is 4.64. The van der Waals surface area contributed by atoms with Gasteiger partial charge in [-0.1, -0.05) is 12.1 Å². The molecule has 0 radical (unpaired) electrons. The van der Waals surface area contributed by atoms with E-state index in [4.69, 9.17) is 4.74 Å². The van der Waals surface area contributed by atoms with Crippen LogP contribution in [0.5, 0.6) is 5.75 Å². The zero-order chi connectivity index (χ0) is 16.3. The molecule has 0 saturated carbocycles. The summed E-state index contributed by atoms with van der Waals surface area (Å²) in [7, 11) is 1.64. The molecule has 0 bridgehead atoms. The fourth-order valence-corrected chi connectivity index (χ4v) is 3.33. The molecule has 2 aliphatic rings. The Labute approximate surface area is 137 Å². The number of β-amino-alcohol motifs (C(OH)–C–C–N with tert-alkyl or cyclic N) is 1. The molecule has 0 aliphatic carbocycles. The second kappa shape index (κ2) is 6.86. The molecular formula is C17H25N3O3. The lowest BCUT2D eigenvalue weighted by Gasteiger charge is -2.37. The van der Waals surface area contributed by atoms with E-state index >= 15 is 0 Å². The first-order valence-electron chi connectivity index (χ1n) is 8.14. The maximum atomic E-state index is 12.4. The van der Waals surface area contributed by atoms with Crippen molar-refractivity contribution in [1.29, 1.82) is 0 Å². The van der Waals surface area contributed by atoms with E-state index < -0.39 is 5.60 Å². The van der Waals surface area contributed by atoms with Gasteiger partial charge in [-0.05, 0) is 30.7 Å². The minimum absolute atomic E-state index is 0.119. The molecule has 2 aliphatic heterocycles. The summed E-state index contributed by atoms with van der Waals surface area (Å²) in [4.78, 5) is 16.3. The molecule has 1 aromatic rings. The Morgan fingerprint density at radius 2 is 2.26 bits per heavy atom. The van der Waals surface area contributed by atoms with E-state index in [0.717, 1.165) is 30.8 Å². The number of ether oxygens (including phenoxy) is 1. The highest BCUT2D eigenvalue weighted by Gasteiger charge is 2.35. The largest absolute Gasteiger partial charge is 0.497 e. The zero-order valence-corrected chi connectivity index (χ0v) is 13.6. The highest BCUT2D eigenvalue weighted by molar-refractivity contribution is 5.79. The highest BCUT2D eigenvalue weighted by Crippen LogP contribution is 2.19. The lowest BCUT2D eigenvalue weighted by Crippen LogP contribution is -2.54. The second-order valence-corrected chi connectivity index (χ2v) is 6.53. The molecule has 0 spiro atoms. The van der Waals surface area contributed by atoms with Gasteiger partial charge < -0.3 is 20.1 Å². The first-order chi connectivity index (χ1) is 11.1. The van der Waals surface area contributed by atoms with Crippen LogP contribution in [0.3, 0.4) is 0 Å². The summed E-state index contributed by atoms with van der Waals surface area (Å²) in [5.74, 6) is 0.929. The summed E-state index contributed by atoms with van der Waals surface area (Å²) in [6.45, 7) is 4.52. The zero-order valence-electron chi connectivity index (χ0n) is 13.6. The Morgan fingerprint density at radius 3 is 2.96 bits per heavy atom. The van der Waals surface area contributed by atoms with Gasteiger partial charge in [0.25, 0.3) is 0 Å². The Kier molecular flexibility index (Phi) is 4.84. The molecule has 2 heterocycles. The monoisotopic (exact) mass is 319 g/mol. The minimum atomic E-state index is -0.685. The van der Waals surface area contributed by atoms with Crippen molar-refractivity contribution >= 4 is 5.91 Å². The number of nitrogens with one attached hydrogen (secondary N) is 1. The molecule has 6 heteroatoms. The van der Waals surface area contributed by atoms with Gasteiger partial charge in [-0.25, -0.2) is 0 Å². The van der Waals surface area contributed by atoms with Gasteiger partial charge in [0.05, 0.1) is 19.3 Å². The van der Waals surface area contributed by atoms with E-state index in [1.54, 1.807) is 7.11 Å². The van der Waals surface area contributed by atoms with Crippen LogP contribution < -0.4 is 10.1 Å². The highest BCUT2D eigenvalue weighted by atomic mass is 16.5. The Hall–Kier alpha value is -1.63. The number of carbonyl (C=O) groups excluding carboxylic acids is 1. The number of piperazine rings is 1. The van der Waals surface area contributed by atoms with Gasteiger partial charge in [-0.15, -0.1) is 0 Å². The Bertz CT molecular complexity index is 558. The van der Waals surface area contributed by atoms with Crippen LogP contribution >= 0.6 is 0 Å². The topological polar surface area (TPSA) is 65.0 Å². The van der Waals surface area contributed by atoms with E-state index in [1.807, 2.05) is 29.2 Å². The van der Waals surface area contributed by atoms with Crippen molar-refractivity contribution in [3.8, 4) is 5.75 Å². The van der Waals surface area contributed by atoms with Crippen molar-refractivity contribution < 1.29 is 14.6 Å². The molecule has 2 N–H and O–H groups in total. The minimum Gasteiger partial charge on any atom is -0.497 e. The molecule has 0 aromatic heterocycles. The number of methoxy groups -OCH3 is 1. The van der Waals surface area contributed by atoms with Crippen LogP contribution in [0, 0.1) is 0 Å². The molecule has 1 aromatic carbocycles. The number of benzene rings is 1. The van der Waals surface area contributed by atoms with Gasteiger partial charge in [0, 0.05) is 32.7 Å². The van der Waals surface area contributed by atoms with Gasteiger partial charge >= 0.3 is 0 Å². The van der Waals surface area contributed by atoms with Gasteiger partial charge in [-0.3, -0.25) is 9.69 Å². The van der Waals surface area contributed by atoms with Crippen LogP contribution in [0.15, 0.2) is 24.3 Å². The molecular weight excluding hydrogens is 294 g/mol. The molecule has 2 fully saturated rings. The molecule has 126 valence electrons. The van der Waals surface area contributed by atoms with Crippen LogP contribution in [0.4, 0.5) is 0 Å². The van der Waals surface area contributed by atoms with Gasteiger partial charge in [0.1, 0.15) is 5.75 Å². The Balaban J connectivity index is 1.55. The van der Waals surface area contributed by atoms with Gasteiger partial charge in [-0.2, -0.15) is 0 Å². The lowest BCUT2D eigenvalue weighted by atomic mass is 10.0. The maximum Gasteiger partial charge on any atom is 0.237 e. The number of rotatable bonds is 5. The van der Waals surface area contributed by atoms with Crippen LogP contribution in [0.2, 0.25) is 0 Å². The van der Waals surface area contributed by atoms with Crippen molar-refractivity contribution in [3.63, 3.8) is 0 Å². The number of hydrogen-bond acceptors (Lipinski definition) is 5. The van der Waals surface area contributed by atoms with Gasteiger partial charge in [0.15, 0.2) is 0 Å². The lowest BCUT2D eigenvalue weighted by molar-refractivity contribution is -0.138. The molecule has 1 atom stereocenters. The summed E-state index contributed by atoms with van der Waals surface area (Å²) in [6.07, 6.45) is 0.755. The number of amides is 1. The third kappa shape index (κ3) is 4.02. The van der Waals surface area contributed by atoms with Crippen molar-refractivity contribution in [2.75, 3.05) is 46.4 Å². The summed E-state index contributed by atoms with van der Waals surface area (Å²) in [5, 5.41) is 13.6. The van der Waals surface area contributed by atoms with Crippen molar-refractivity contribution in [2.24, 2.45) is 0 Å². The quantitative estimate of drug-likeness (QED) is 0.804.